The van der Waals surface area contributed by atoms with Crippen LogP contribution in [0.3, 0.4) is 0 Å². The van der Waals surface area contributed by atoms with Crippen molar-refractivity contribution in [2.45, 2.75) is 24.4 Å². The van der Waals surface area contributed by atoms with E-state index in [1.807, 2.05) is 0 Å². The predicted octanol–water partition coefficient (Wildman–Crippen LogP) is 5.72. The SMILES string of the molecule is C=CCc1cc(C(c2ccccc2)(c2ccc(OS(C)(=O)=O)c(CC=C)c2)C(F)(F)F)ccc1OS(C)(=O)=O. The summed E-state index contributed by atoms with van der Waals surface area (Å²) in [7, 11) is -7.92. The highest BCUT2D eigenvalue weighted by atomic mass is 32.2. The first-order valence-electron chi connectivity index (χ1n) is 11.5. The molecule has 6 nitrogen and oxygen atoms in total. The van der Waals surface area contributed by atoms with Crippen molar-refractivity contribution >= 4 is 20.2 Å². The molecule has 0 unspecified atom stereocenters. The summed E-state index contributed by atoms with van der Waals surface area (Å²) in [5.41, 5.74) is -2.91. The van der Waals surface area contributed by atoms with Crippen LogP contribution < -0.4 is 8.37 Å². The first kappa shape index (κ1) is 30.0. The number of halogens is 3. The fourth-order valence-electron chi connectivity index (χ4n) is 4.42. The third-order valence-corrected chi connectivity index (χ3v) is 6.79. The second-order valence-corrected chi connectivity index (χ2v) is 12.0. The van der Waals surface area contributed by atoms with E-state index < -0.39 is 31.8 Å². The fourth-order valence-corrected chi connectivity index (χ4v) is 5.40. The molecule has 3 rings (SSSR count). The summed E-state index contributed by atoms with van der Waals surface area (Å²) in [5, 5.41) is 0. The second kappa shape index (κ2) is 11.3. The van der Waals surface area contributed by atoms with Crippen LogP contribution in [-0.4, -0.2) is 35.5 Å². The lowest BCUT2D eigenvalue weighted by molar-refractivity contribution is -0.166. The molecule has 0 atom stereocenters. The first-order valence-corrected chi connectivity index (χ1v) is 15.2. The van der Waals surface area contributed by atoms with Crippen molar-refractivity contribution in [3.05, 3.63) is 120 Å². The molecule has 0 aromatic heterocycles. The summed E-state index contributed by atoms with van der Waals surface area (Å²) in [6.07, 6.45) is -0.330. The quantitative estimate of drug-likeness (QED) is 0.164. The number of hydrogen-bond acceptors (Lipinski definition) is 6. The number of allylic oxidation sites excluding steroid dienone is 2. The van der Waals surface area contributed by atoms with E-state index in [0.29, 0.717) is 0 Å². The molecule has 39 heavy (non-hydrogen) atoms. The monoisotopic (exact) mass is 580 g/mol. The van der Waals surface area contributed by atoms with Crippen molar-refractivity contribution < 1.29 is 38.4 Å². The fraction of sp³-hybridized carbons (Fsp3) is 0.214. The highest BCUT2D eigenvalue weighted by Crippen LogP contribution is 2.52. The molecule has 0 radical (unpaired) electrons. The Morgan fingerprint density at radius 2 is 1.10 bits per heavy atom. The van der Waals surface area contributed by atoms with Gasteiger partial charge in [0.05, 0.1) is 12.5 Å². The van der Waals surface area contributed by atoms with Gasteiger partial charge < -0.3 is 8.37 Å². The zero-order valence-electron chi connectivity index (χ0n) is 21.2. The molecule has 3 aromatic rings. The van der Waals surface area contributed by atoms with E-state index >= 15 is 13.2 Å². The molecule has 11 heteroatoms. The molecular weight excluding hydrogens is 553 g/mol. The minimum Gasteiger partial charge on any atom is -0.382 e. The van der Waals surface area contributed by atoms with Crippen LogP contribution >= 0.6 is 0 Å². The molecule has 0 fully saturated rings. The molecule has 0 saturated heterocycles. The van der Waals surface area contributed by atoms with Gasteiger partial charge in [0.15, 0.2) is 0 Å². The Bertz CT molecular complexity index is 1490. The van der Waals surface area contributed by atoms with E-state index in [4.69, 9.17) is 8.37 Å². The van der Waals surface area contributed by atoms with Gasteiger partial charge in [-0.1, -0.05) is 66.7 Å². The van der Waals surface area contributed by atoms with Crippen LogP contribution in [0.15, 0.2) is 92.0 Å². The molecule has 3 aromatic carbocycles. The average Bonchev–Trinajstić information content (AvgIpc) is 2.81. The van der Waals surface area contributed by atoms with Crippen molar-refractivity contribution in [3.8, 4) is 11.5 Å². The molecule has 0 heterocycles. The number of rotatable bonds is 11. The Morgan fingerprint density at radius 3 is 1.44 bits per heavy atom. The molecule has 0 aliphatic heterocycles. The standard InChI is InChI=1S/C28H27F3O6S2/c1-5-10-20-18-23(14-16-25(20)36-38(3,32)33)27(28(29,30)31,22-12-8-7-9-13-22)24-15-17-26(37-39(4,34)35)21(19-24)11-6-2/h5-9,12-19H,1-2,10-11H2,3-4H3. The van der Waals surface area contributed by atoms with Crippen molar-refractivity contribution in [1.29, 1.82) is 0 Å². The van der Waals surface area contributed by atoms with E-state index in [0.717, 1.165) is 12.5 Å². The molecular formula is C28H27F3O6S2. The van der Waals surface area contributed by atoms with Crippen LogP contribution in [0.4, 0.5) is 13.2 Å². The lowest BCUT2D eigenvalue weighted by Gasteiger charge is -2.38. The summed E-state index contributed by atoms with van der Waals surface area (Å²) in [5.74, 6) is -0.232. The zero-order chi connectivity index (χ0) is 29.1. The predicted molar refractivity (Wildman–Crippen MR) is 144 cm³/mol. The van der Waals surface area contributed by atoms with Gasteiger partial charge in [0.1, 0.15) is 16.9 Å². The van der Waals surface area contributed by atoms with Gasteiger partial charge in [-0.3, -0.25) is 0 Å². The van der Waals surface area contributed by atoms with Crippen molar-refractivity contribution in [3.63, 3.8) is 0 Å². The van der Waals surface area contributed by atoms with Crippen LogP contribution in [0, 0.1) is 0 Å². The van der Waals surface area contributed by atoms with Crippen LogP contribution in [0.25, 0.3) is 0 Å². The summed E-state index contributed by atoms with van der Waals surface area (Å²) in [6.45, 7) is 7.24. The number of alkyl halides is 3. The average molecular weight is 581 g/mol. The molecule has 0 N–H and O–H groups in total. The number of hydrogen-bond donors (Lipinski definition) is 0. The normalized spacial score (nSPS) is 12.5. The first-order chi connectivity index (χ1) is 18.1. The topological polar surface area (TPSA) is 86.7 Å². The van der Waals surface area contributed by atoms with Crippen molar-refractivity contribution in [1.82, 2.24) is 0 Å². The molecule has 0 amide bonds. The maximum absolute atomic E-state index is 15.5. The maximum atomic E-state index is 15.5. The molecule has 0 saturated carbocycles. The summed E-state index contributed by atoms with van der Waals surface area (Å²) >= 11 is 0. The van der Waals surface area contributed by atoms with Gasteiger partial charge >= 0.3 is 26.4 Å². The molecule has 0 spiro atoms. The van der Waals surface area contributed by atoms with Crippen LogP contribution in [0.1, 0.15) is 27.8 Å². The van der Waals surface area contributed by atoms with E-state index in [2.05, 4.69) is 13.2 Å². The highest BCUT2D eigenvalue weighted by molar-refractivity contribution is 7.86. The highest BCUT2D eigenvalue weighted by Gasteiger charge is 2.58. The minimum absolute atomic E-state index is 0.0320. The lowest BCUT2D eigenvalue weighted by Crippen LogP contribution is -2.44. The third-order valence-electron chi connectivity index (χ3n) is 5.83. The van der Waals surface area contributed by atoms with Gasteiger partial charge in [0, 0.05) is 0 Å². The van der Waals surface area contributed by atoms with Gasteiger partial charge in [-0.05, 0) is 52.8 Å². The zero-order valence-corrected chi connectivity index (χ0v) is 22.9. The van der Waals surface area contributed by atoms with Crippen LogP contribution in [-0.2, 0) is 38.5 Å². The smallest absolute Gasteiger partial charge is 0.382 e. The Morgan fingerprint density at radius 1 is 0.692 bits per heavy atom. The largest absolute Gasteiger partial charge is 0.406 e. The van der Waals surface area contributed by atoms with E-state index in [-0.39, 0.29) is 52.2 Å². The molecule has 0 bridgehead atoms. The van der Waals surface area contributed by atoms with Crippen LogP contribution in [0.2, 0.25) is 0 Å². The van der Waals surface area contributed by atoms with Gasteiger partial charge in [-0.15, -0.1) is 13.2 Å². The minimum atomic E-state index is -4.91. The summed E-state index contributed by atoms with van der Waals surface area (Å²) < 4.78 is 104. The van der Waals surface area contributed by atoms with Gasteiger partial charge in [-0.2, -0.15) is 30.0 Å². The van der Waals surface area contributed by atoms with Gasteiger partial charge in [0.2, 0.25) is 0 Å². The van der Waals surface area contributed by atoms with Gasteiger partial charge in [0.25, 0.3) is 0 Å². The van der Waals surface area contributed by atoms with Crippen molar-refractivity contribution in [2.75, 3.05) is 12.5 Å². The maximum Gasteiger partial charge on any atom is 0.406 e. The van der Waals surface area contributed by atoms with Gasteiger partial charge in [-0.25, -0.2) is 0 Å². The Balaban J connectivity index is 2.44. The Labute approximate surface area is 226 Å². The molecule has 208 valence electrons. The van der Waals surface area contributed by atoms with E-state index in [9.17, 15) is 16.8 Å². The third kappa shape index (κ3) is 6.72. The second-order valence-electron chi connectivity index (χ2n) is 8.82. The lowest BCUT2D eigenvalue weighted by atomic mass is 9.68. The van der Waals surface area contributed by atoms with Crippen molar-refractivity contribution in [2.24, 2.45) is 0 Å². The van der Waals surface area contributed by atoms with E-state index in [1.165, 1.54) is 72.8 Å². The summed E-state index contributed by atoms with van der Waals surface area (Å²) in [6, 6.07) is 14.4. The van der Waals surface area contributed by atoms with Crippen LogP contribution in [0.5, 0.6) is 11.5 Å². The molecule has 0 aliphatic carbocycles. The molecule has 0 aliphatic rings. The Hall–Kier alpha value is -3.57. The summed E-state index contributed by atoms with van der Waals surface area (Å²) in [4.78, 5) is 0. The Kier molecular flexibility index (Phi) is 8.66. The van der Waals surface area contributed by atoms with E-state index in [1.54, 1.807) is 6.07 Å². The number of benzene rings is 3.